The lowest BCUT2D eigenvalue weighted by Crippen LogP contribution is -2.50. The van der Waals surface area contributed by atoms with Crippen LogP contribution < -0.4 is 0 Å². The summed E-state index contributed by atoms with van der Waals surface area (Å²) in [6.07, 6.45) is 0.745. The highest BCUT2D eigenvalue weighted by molar-refractivity contribution is 6.23. The standard InChI is InChI=1S/C27H33NO5/c1-8-9-19-12-17(2)23(18(3)13-19)24-20(29)14-27(15-21(24)32-7)10-11-28(22(30)16-27)25(31)33-26(4,5)6/h12-13H,10-11,14-16H2,1-7H3. The third-order valence-corrected chi connectivity index (χ3v) is 6.23. The molecule has 1 unspecified atom stereocenters. The van der Waals surface area contributed by atoms with E-state index in [0.717, 1.165) is 27.2 Å². The number of Topliss-reactive ketones (excluding diaryl/α,β-unsaturated/α-hetero) is 1. The van der Waals surface area contributed by atoms with E-state index in [-0.39, 0.29) is 31.1 Å². The number of nitrogens with zero attached hydrogens (tertiary/aromatic N) is 1. The van der Waals surface area contributed by atoms with Crippen LogP contribution in [0.3, 0.4) is 0 Å². The number of benzene rings is 1. The fraction of sp³-hybridized carbons (Fsp3) is 0.519. The molecule has 0 aromatic heterocycles. The summed E-state index contributed by atoms with van der Waals surface area (Å²) in [4.78, 5) is 40.0. The average molecular weight is 452 g/mol. The maximum absolute atomic E-state index is 13.5. The van der Waals surface area contributed by atoms with Gasteiger partial charge in [-0.1, -0.05) is 5.92 Å². The SMILES string of the molecule is CC#Cc1cc(C)c(C2=C(OC)CC3(CCN(C(=O)OC(C)(C)C)C(=O)C3)CC2=O)c(C)c1. The molecule has 1 saturated heterocycles. The first kappa shape index (κ1) is 24.6. The number of likely N-dealkylation sites (tertiary alicyclic amines) is 1. The van der Waals surface area contributed by atoms with Crippen LogP contribution in [0.15, 0.2) is 17.9 Å². The van der Waals surface area contributed by atoms with Crippen LogP contribution in [0.5, 0.6) is 0 Å². The van der Waals surface area contributed by atoms with Gasteiger partial charge in [0.1, 0.15) is 11.4 Å². The predicted molar refractivity (Wildman–Crippen MR) is 126 cm³/mol. The summed E-state index contributed by atoms with van der Waals surface area (Å²) >= 11 is 0. The number of hydrogen-bond donors (Lipinski definition) is 0. The summed E-state index contributed by atoms with van der Waals surface area (Å²) in [7, 11) is 1.57. The molecule has 1 aliphatic heterocycles. The van der Waals surface area contributed by atoms with E-state index in [1.54, 1.807) is 34.8 Å². The van der Waals surface area contributed by atoms with Gasteiger partial charge < -0.3 is 9.47 Å². The number of imide groups is 1. The van der Waals surface area contributed by atoms with E-state index in [0.29, 0.717) is 24.2 Å². The summed E-state index contributed by atoms with van der Waals surface area (Å²) in [5.74, 6) is 6.25. The number of carbonyl (C=O) groups is 3. The topological polar surface area (TPSA) is 72.9 Å². The number of allylic oxidation sites excluding steroid dienone is 2. The fourth-order valence-electron chi connectivity index (χ4n) is 4.89. The molecule has 0 radical (unpaired) electrons. The Balaban J connectivity index is 1.91. The molecule has 0 saturated carbocycles. The van der Waals surface area contributed by atoms with E-state index in [4.69, 9.17) is 9.47 Å². The normalized spacial score (nSPS) is 21.1. The van der Waals surface area contributed by atoms with Crippen molar-refractivity contribution in [2.45, 2.75) is 72.8 Å². The lowest BCUT2D eigenvalue weighted by molar-refractivity contribution is -0.138. The summed E-state index contributed by atoms with van der Waals surface area (Å²) in [5, 5.41) is 0. The highest BCUT2D eigenvalue weighted by atomic mass is 16.6. The Hall–Kier alpha value is -3.07. The van der Waals surface area contributed by atoms with Crippen LogP contribution in [0.1, 0.15) is 75.6 Å². The van der Waals surface area contributed by atoms with Crippen molar-refractivity contribution in [3.8, 4) is 11.8 Å². The van der Waals surface area contributed by atoms with Gasteiger partial charge in [-0.05, 0) is 82.2 Å². The van der Waals surface area contributed by atoms with E-state index >= 15 is 0 Å². The molecule has 1 atom stereocenters. The van der Waals surface area contributed by atoms with Crippen molar-refractivity contribution in [2.75, 3.05) is 13.7 Å². The molecular formula is C27H33NO5. The van der Waals surface area contributed by atoms with Gasteiger partial charge in [0.25, 0.3) is 0 Å². The van der Waals surface area contributed by atoms with Gasteiger partial charge in [0, 0.05) is 31.4 Å². The van der Waals surface area contributed by atoms with Crippen LogP contribution in [0.2, 0.25) is 0 Å². The van der Waals surface area contributed by atoms with Crippen molar-refractivity contribution >= 4 is 23.4 Å². The number of aryl methyl sites for hydroxylation is 2. The summed E-state index contributed by atoms with van der Waals surface area (Å²) in [5.41, 5.74) is 3.10. The Morgan fingerprint density at radius 3 is 2.24 bits per heavy atom. The average Bonchev–Trinajstić information content (AvgIpc) is 2.67. The maximum atomic E-state index is 13.5. The van der Waals surface area contributed by atoms with Gasteiger partial charge in [-0.25, -0.2) is 9.69 Å². The van der Waals surface area contributed by atoms with Gasteiger partial charge in [0.15, 0.2) is 5.78 Å². The van der Waals surface area contributed by atoms with Gasteiger partial charge >= 0.3 is 6.09 Å². The van der Waals surface area contributed by atoms with Crippen LogP contribution >= 0.6 is 0 Å². The van der Waals surface area contributed by atoms with Gasteiger partial charge in [-0.3, -0.25) is 9.59 Å². The number of methoxy groups -OCH3 is 1. The monoisotopic (exact) mass is 451 g/mol. The van der Waals surface area contributed by atoms with Crippen LogP contribution in [-0.2, 0) is 19.1 Å². The number of ketones is 1. The number of rotatable bonds is 2. The van der Waals surface area contributed by atoms with E-state index < -0.39 is 17.1 Å². The molecule has 1 aliphatic carbocycles. The van der Waals surface area contributed by atoms with Crippen LogP contribution in [0, 0.1) is 31.1 Å². The zero-order chi connectivity index (χ0) is 24.6. The van der Waals surface area contributed by atoms with Crippen molar-refractivity contribution in [3.05, 3.63) is 40.1 Å². The lowest BCUT2D eigenvalue weighted by Gasteiger charge is -2.43. The highest BCUT2D eigenvalue weighted by Crippen LogP contribution is 2.48. The third kappa shape index (κ3) is 5.13. The summed E-state index contributed by atoms with van der Waals surface area (Å²) < 4.78 is 11.1. The molecular weight excluding hydrogens is 418 g/mol. The van der Waals surface area contributed by atoms with Crippen LogP contribution in [-0.4, -0.2) is 41.9 Å². The zero-order valence-electron chi connectivity index (χ0n) is 20.7. The van der Waals surface area contributed by atoms with E-state index in [1.165, 1.54) is 0 Å². The van der Waals surface area contributed by atoms with E-state index in [1.807, 2.05) is 26.0 Å². The predicted octanol–water partition coefficient (Wildman–Crippen LogP) is 4.94. The van der Waals surface area contributed by atoms with Crippen LogP contribution in [0.4, 0.5) is 4.79 Å². The number of hydrogen-bond acceptors (Lipinski definition) is 5. The molecule has 0 N–H and O–H groups in total. The number of carbonyl (C=O) groups excluding carboxylic acids is 3. The second-order valence-corrected chi connectivity index (χ2v) is 10.1. The van der Waals surface area contributed by atoms with E-state index in [2.05, 4.69) is 11.8 Å². The summed E-state index contributed by atoms with van der Waals surface area (Å²) in [6, 6.07) is 3.97. The number of ether oxygens (including phenoxy) is 2. The Kier molecular flexibility index (Phi) is 6.74. The van der Waals surface area contributed by atoms with Crippen LogP contribution in [0.25, 0.3) is 5.57 Å². The molecule has 1 spiro atoms. The molecule has 1 heterocycles. The van der Waals surface area contributed by atoms with Gasteiger partial charge in [-0.15, -0.1) is 5.92 Å². The number of amides is 2. The Morgan fingerprint density at radius 2 is 1.73 bits per heavy atom. The fourth-order valence-corrected chi connectivity index (χ4v) is 4.89. The number of piperidine rings is 1. The third-order valence-electron chi connectivity index (χ3n) is 6.23. The first-order valence-corrected chi connectivity index (χ1v) is 11.3. The molecule has 6 nitrogen and oxygen atoms in total. The quantitative estimate of drug-likeness (QED) is 0.596. The first-order chi connectivity index (χ1) is 15.4. The molecule has 2 amide bonds. The second-order valence-electron chi connectivity index (χ2n) is 10.1. The van der Waals surface area contributed by atoms with Crippen molar-refractivity contribution in [1.29, 1.82) is 0 Å². The van der Waals surface area contributed by atoms with Gasteiger partial charge in [0.05, 0.1) is 12.7 Å². The molecule has 1 aromatic rings. The smallest absolute Gasteiger partial charge is 0.417 e. The minimum absolute atomic E-state index is 0.0304. The van der Waals surface area contributed by atoms with Crippen molar-refractivity contribution in [1.82, 2.24) is 4.90 Å². The molecule has 0 bridgehead atoms. The minimum Gasteiger partial charge on any atom is -0.500 e. The summed E-state index contributed by atoms with van der Waals surface area (Å²) in [6.45, 7) is 11.3. The molecule has 1 fully saturated rings. The minimum atomic E-state index is -0.678. The Labute approximate surface area is 196 Å². The molecule has 33 heavy (non-hydrogen) atoms. The van der Waals surface area contributed by atoms with Crippen molar-refractivity contribution < 1.29 is 23.9 Å². The molecule has 176 valence electrons. The lowest BCUT2D eigenvalue weighted by atomic mass is 9.66. The Bertz CT molecular complexity index is 1070. The maximum Gasteiger partial charge on any atom is 0.417 e. The molecule has 2 aliphatic rings. The largest absolute Gasteiger partial charge is 0.500 e. The first-order valence-electron chi connectivity index (χ1n) is 11.3. The molecule has 3 rings (SSSR count). The van der Waals surface area contributed by atoms with Gasteiger partial charge in [0.2, 0.25) is 5.91 Å². The van der Waals surface area contributed by atoms with Crippen molar-refractivity contribution in [3.63, 3.8) is 0 Å². The second kappa shape index (κ2) is 9.05. The molecule has 6 heteroatoms. The van der Waals surface area contributed by atoms with Gasteiger partial charge in [-0.2, -0.15) is 0 Å². The van der Waals surface area contributed by atoms with E-state index in [9.17, 15) is 14.4 Å². The van der Waals surface area contributed by atoms with Crippen molar-refractivity contribution in [2.24, 2.45) is 5.41 Å². The Morgan fingerprint density at radius 1 is 1.09 bits per heavy atom. The highest BCUT2D eigenvalue weighted by Gasteiger charge is 2.47. The zero-order valence-corrected chi connectivity index (χ0v) is 20.7. The molecule has 1 aromatic carbocycles.